The van der Waals surface area contributed by atoms with Gasteiger partial charge in [-0.1, -0.05) is 103 Å². The Balaban J connectivity index is 1.90. The first-order valence-electron chi connectivity index (χ1n) is 10.0. The maximum Gasteiger partial charge on any atom is 0.166 e. The predicted octanol–water partition coefficient (Wildman–Crippen LogP) is 5.73. The summed E-state index contributed by atoms with van der Waals surface area (Å²) in [6.45, 7) is 0.173. The highest BCUT2D eigenvalue weighted by Gasteiger charge is 2.41. The minimum absolute atomic E-state index is 0.173. The fourth-order valence-corrected chi connectivity index (χ4v) is 6.93. The average Bonchev–Trinajstić information content (AvgIpc) is 2.82. The molecular weight excluding hydrogens is 408 g/mol. The molecule has 1 N–H and O–H groups in total. The van der Waals surface area contributed by atoms with Crippen LogP contribution in [0.1, 0.15) is 16.9 Å². The largest absolute Gasteiger partial charge is 0.313 e. The topological polar surface area (TPSA) is 40.5 Å². The van der Waals surface area contributed by atoms with Gasteiger partial charge in [-0.3, -0.25) is 0 Å². The van der Waals surface area contributed by atoms with Crippen LogP contribution in [0.15, 0.2) is 115 Å². The van der Waals surface area contributed by atoms with Crippen molar-refractivity contribution in [3.63, 3.8) is 0 Å². The lowest BCUT2D eigenvalue weighted by Crippen LogP contribution is -2.32. The molecule has 0 spiro atoms. The second-order valence-electron chi connectivity index (χ2n) is 7.34. The lowest BCUT2D eigenvalue weighted by molar-refractivity contribution is -0.114. The fourth-order valence-electron chi connectivity index (χ4n) is 3.79. The van der Waals surface area contributed by atoms with Crippen molar-refractivity contribution in [2.75, 3.05) is 0 Å². The molecule has 5 heteroatoms. The summed E-state index contributed by atoms with van der Waals surface area (Å²) < 4.78 is 28.6. The van der Waals surface area contributed by atoms with E-state index in [1.54, 1.807) is 12.1 Å². The molecule has 31 heavy (non-hydrogen) atoms. The van der Waals surface area contributed by atoms with Crippen LogP contribution in [0.4, 0.5) is 4.39 Å². The summed E-state index contributed by atoms with van der Waals surface area (Å²) in [4.78, 5) is 0. The molecule has 1 atom stereocenters. The predicted molar refractivity (Wildman–Crippen MR) is 123 cm³/mol. The Morgan fingerprint density at radius 2 is 1.16 bits per heavy atom. The molecule has 0 radical (unpaired) electrons. The number of hydrogen-bond donors (Lipinski definition) is 1. The molecule has 0 saturated heterocycles. The second kappa shape index (κ2) is 9.40. The van der Waals surface area contributed by atoms with Gasteiger partial charge in [-0.2, -0.15) is 5.06 Å². The van der Waals surface area contributed by atoms with Gasteiger partial charge >= 0.3 is 0 Å². The zero-order valence-electron chi connectivity index (χ0n) is 16.9. The lowest BCUT2D eigenvalue weighted by atomic mass is 10.2. The molecule has 0 saturated carbocycles. The van der Waals surface area contributed by atoms with Gasteiger partial charge < -0.3 is 9.77 Å². The Morgan fingerprint density at radius 3 is 1.65 bits per heavy atom. The van der Waals surface area contributed by atoms with Crippen LogP contribution in [-0.4, -0.2) is 10.3 Å². The summed E-state index contributed by atoms with van der Waals surface area (Å²) >= 11 is 0. The zero-order valence-corrected chi connectivity index (χ0v) is 17.8. The van der Waals surface area contributed by atoms with E-state index < -0.39 is 12.9 Å². The van der Waals surface area contributed by atoms with E-state index in [2.05, 4.69) is 0 Å². The van der Waals surface area contributed by atoms with E-state index in [0.717, 1.165) is 10.6 Å². The van der Waals surface area contributed by atoms with Crippen LogP contribution < -0.4 is 10.6 Å². The fraction of sp³-hybridized carbons (Fsp3) is 0.0769. The van der Waals surface area contributed by atoms with E-state index in [0.29, 0.717) is 16.2 Å². The lowest BCUT2D eigenvalue weighted by Gasteiger charge is -2.34. The van der Waals surface area contributed by atoms with Gasteiger partial charge in [0.15, 0.2) is 7.14 Å². The molecule has 0 aliphatic heterocycles. The SMILES string of the molecule is O=P(c1ccccc1)(c1ccccc1)C(c1ccc(F)cc1)N(O)Cc1ccccc1. The van der Waals surface area contributed by atoms with E-state index in [1.807, 2.05) is 91.0 Å². The molecule has 4 rings (SSSR count). The van der Waals surface area contributed by atoms with E-state index in [4.69, 9.17) is 0 Å². The van der Waals surface area contributed by atoms with Crippen molar-refractivity contribution in [2.24, 2.45) is 0 Å². The van der Waals surface area contributed by atoms with Gasteiger partial charge in [0.05, 0.1) is 6.54 Å². The first-order chi connectivity index (χ1) is 15.1. The minimum Gasteiger partial charge on any atom is -0.313 e. The van der Waals surface area contributed by atoms with Crippen LogP contribution in [0.5, 0.6) is 0 Å². The van der Waals surface area contributed by atoms with Crippen LogP contribution in [0.2, 0.25) is 0 Å². The second-order valence-corrected chi connectivity index (χ2v) is 10.2. The van der Waals surface area contributed by atoms with Crippen molar-refractivity contribution in [1.29, 1.82) is 0 Å². The molecular formula is C26H23FNO2P. The molecule has 0 aliphatic rings. The first-order valence-corrected chi connectivity index (χ1v) is 11.8. The molecule has 3 nitrogen and oxygen atoms in total. The van der Waals surface area contributed by atoms with Gasteiger partial charge in [0.1, 0.15) is 11.6 Å². The average molecular weight is 431 g/mol. The van der Waals surface area contributed by atoms with Gasteiger partial charge in [0, 0.05) is 10.6 Å². The molecule has 0 aliphatic carbocycles. The third kappa shape index (κ3) is 4.52. The van der Waals surface area contributed by atoms with Crippen LogP contribution in [0.25, 0.3) is 0 Å². The van der Waals surface area contributed by atoms with Crippen molar-refractivity contribution in [2.45, 2.75) is 12.3 Å². The molecule has 4 aromatic carbocycles. The van der Waals surface area contributed by atoms with Gasteiger partial charge in [0.25, 0.3) is 0 Å². The normalized spacial score (nSPS) is 12.6. The quantitative estimate of drug-likeness (QED) is 0.300. The summed E-state index contributed by atoms with van der Waals surface area (Å²) in [5, 5.41) is 13.7. The number of halogens is 1. The van der Waals surface area contributed by atoms with E-state index in [9.17, 15) is 14.2 Å². The minimum atomic E-state index is -3.41. The maximum atomic E-state index is 14.9. The highest BCUT2D eigenvalue weighted by molar-refractivity contribution is 7.78. The van der Waals surface area contributed by atoms with E-state index >= 15 is 0 Å². The van der Waals surface area contributed by atoms with Crippen LogP contribution in [-0.2, 0) is 11.1 Å². The van der Waals surface area contributed by atoms with Crippen LogP contribution in [0, 0.1) is 5.82 Å². The molecule has 0 aromatic heterocycles. The summed E-state index contributed by atoms with van der Waals surface area (Å²) in [6, 6.07) is 33.7. The van der Waals surface area contributed by atoms with Gasteiger partial charge in [0.2, 0.25) is 0 Å². The van der Waals surface area contributed by atoms with Gasteiger partial charge in [-0.05, 0) is 23.3 Å². The summed E-state index contributed by atoms with van der Waals surface area (Å²) in [7, 11) is -3.41. The third-order valence-corrected chi connectivity index (χ3v) is 8.65. The Kier molecular flexibility index (Phi) is 6.43. The van der Waals surface area contributed by atoms with Gasteiger partial charge in [-0.15, -0.1) is 0 Å². The standard InChI is InChI=1S/C26H23FNO2P/c27-23-18-16-22(17-19-23)26(28(29)20-21-10-4-1-5-11-21)31(30,24-12-6-2-7-13-24)25-14-8-3-9-15-25/h1-19,26,29H,20H2. The number of rotatable bonds is 7. The summed E-state index contributed by atoms with van der Waals surface area (Å²) in [5.74, 6) is -1.28. The number of nitrogens with zero attached hydrogens (tertiary/aromatic N) is 1. The van der Waals surface area contributed by atoms with Crippen molar-refractivity contribution < 1.29 is 14.2 Å². The Bertz CT molecular complexity index is 1110. The van der Waals surface area contributed by atoms with Crippen molar-refractivity contribution >= 4 is 17.8 Å². The Morgan fingerprint density at radius 1 is 0.710 bits per heavy atom. The third-order valence-electron chi connectivity index (χ3n) is 5.26. The number of hydroxylamine groups is 2. The van der Waals surface area contributed by atoms with E-state index in [-0.39, 0.29) is 12.4 Å². The molecule has 0 fully saturated rings. The summed E-state index contributed by atoms with van der Waals surface area (Å²) in [6.07, 6.45) is 0. The summed E-state index contributed by atoms with van der Waals surface area (Å²) in [5.41, 5.74) is 1.46. The molecule has 1 unspecified atom stereocenters. The smallest absolute Gasteiger partial charge is 0.166 e. The Labute approximate surface area is 181 Å². The van der Waals surface area contributed by atoms with Crippen LogP contribution >= 0.6 is 7.14 Å². The highest BCUT2D eigenvalue weighted by Crippen LogP contribution is 2.58. The van der Waals surface area contributed by atoms with Crippen molar-refractivity contribution in [1.82, 2.24) is 5.06 Å². The maximum absolute atomic E-state index is 14.9. The van der Waals surface area contributed by atoms with Crippen LogP contribution in [0.3, 0.4) is 0 Å². The molecule has 0 bridgehead atoms. The molecule has 156 valence electrons. The molecule has 0 amide bonds. The van der Waals surface area contributed by atoms with Gasteiger partial charge in [-0.25, -0.2) is 4.39 Å². The highest BCUT2D eigenvalue weighted by atomic mass is 31.2. The number of benzene rings is 4. The Hall–Kier alpha value is -3.04. The first kappa shape index (κ1) is 21.2. The molecule has 0 heterocycles. The zero-order chi connectivity index (χ0) is 21.7. The number of hydrogen-bond acceptors (Lipinski definition) is 3. The van der Waals surface area contributed by atoms with Crippen molar-refractivity contribution in [3.05, 3.63) is 132 Å². The molecule has 4 aromatic rings. The monoisotopic (exact) mass is 431 g/mol. The van der Waals surface area contributed by atoms with E-state index in [1.165, 1.54) is 12.1 Å². The van der Waals surface area contributed by atoms with Crippen molar-refractivity contribution in [3.8, 4) is 0 Å².